The van der Waals surface area contributed by atoms with Gasteiger partial charge in [0.1, 0.15) is 16.9 Å². The third kappa shape index (κ3) is 3.85. The minimum absolute atomic E-state index is 0.289. The number of imidazole rings is 1. The highest BCUT2D eigenvalue weighted by Gasteiger charge is 2.27. The lowest BCUT2D eigenvalue weighted by molar-refractivity contribution is 0.0225. The van der Waals surface area contributed by atoms with Gasteiger partial charge in [0.25, 0.3) is 0 Å². The Kier molecular flexibility index (Phi) is 4.82. The van der Waals surface area contributed by atoms with E-state index in [0.717, 1.165) is 22.4 Å². The van der Waals surface area contributed by atoms with Crippen LogP contribution >= 0.6 is 11.3 Å². The first-order valence-electron chi connectivity index (χ1n) is 9.42. The first-order chi connectivity index (χ1) is 13.7. The van der Waals surface area contributed by atoms with E-state index in [-0.39, 0.29) is 6.09 Å². The Morgan fingerprint density at radius 1 is 1.28 bits per heavy atom. The average molecular weight is 413 g/mol. The fraction of sp³-hybridized carbons (Fsp3) is 0.381. The largest absolute Gasteiger partial charge is 0.465 e. The molecule has 1 aromatic carbocycles. The molecule has 0 bridgehead atoms. The molecule has 0 unspecified atom stereocenters. The molecule has 0 saturated carbocycles. The number of methoxy groups -OCH3 is 1. The van der Waals surface area contributed by atoms with Crippen molar-refractivity contribution in [3.8, 4) is 10.7 Å². The van der Waals surface area contributed by atoms with Gasteiger partial charge in [-0.1, -0.05) is 6.07 Å². The van der Waals surface area contributed by atoms with Crippen molar-refractivity contribution in [1.29, 1.82) is 0 Å². The van der Waals surface area contributed by atoms with Gasteiger partial charge in [0, 0.05) is 11.4 Å². The zero-order valence-corrected chi connectivity index (χ0v) is 17.7. The van der Waals surface area contributed by atoms with E-state index >= 15 is 0 Å². The molecular weight excluding hydrogens is 390 g/mol. The highest BCUT2D eigenvalue weighted by Crippen LogP contribution is 2.35. The van der Waals surface area contributed by atoms with Crippen LogP contribution in [0.4, 0.5) is 4.79 Å². The van der Waals surface area contributed by atoms with E-state index in [1.54, 1.807) is 28.4 Å². The Balaban J connectivity index is 1.61. The van der Waals surface area contributed by atoms with Crippen molar-refractivity contribution in [3.63, 3.8) is 0 Å². The molecule has 1 aliphatic heterocycles. The van der Waals surface area contributed by atoms with E-state index in [1.807, 2.05) is 26.8 Å². The van der Waals surface area contributed by atoms with E-state index in [9.17, 15) is 9.59 Å². The molecule has 0 fully saturated rings. The molecule has 8 heteroatoms. The zero-order valence-electron chi connectivity index (χ0n) is 16.9. The molecule has 0 atom stereocenters. The number of fused-ring (bicyclic) bond motifs is 2. The van der Waals surface area contributed by atoms with Gasteiger partial charge in [0.05, 0.1) is 29.6 Å². The first-order valence-corrected chi connectivity index (χ1v) is 10.2. The summed E-state index contributed by atoms with van der Waals surface area (Å²) < 4.78 is 10.4. The van der Waals surface area contributed by atoms with Crippen LogP contribution in [-0.4, -0.2) is 46.2 Å². The monoisotopic (exact) mass is 413 g/mol. The number of carbonyl (C=O) groups is 2. The lowest BCUT2D eigenvalue weighted by atomic mass is 10.1. The molecule has 0 saturated heterocycles. The molecule has 2 aromatic heterocycles. The maximum absolute atomic E-state index is 12.4. The quantitative estimate of drug-likeness (QED) is 0.631. The number of hydrogen-bond donors (Lipinski definition) is 1. The molecule has 0 aliphatic carbocycles. The number of H-pyrrole nitrogens is 1. The van der Waals surface area contributed by atoms with Crippen molar-refractivity contribution in [2.24, 2.45) is 0 Å². The Morgan fingerprint density at radius 2 is 2.07 bits per heavy atom. The number of benzene rings is 1. The number of rotatable bonds is 2. The third-order valence-electron chi connectivity index (χ3n) is 4.67. The topological polar surface area (TPSA) is 84.5 Å². The summed E-state index contributed by atoms with van der Waals surface area (Å²) >= 11 is 1.66. The van der Waals surface area contributed by atoms with Crippen LogP contribution in [0.1, 0.15) is 41.6 Å². The second-order valence-corrected chi connectivity index (χ2v) is 9.13. The van der Waals surface area contributed by atoms with Crippen LogP contribution in [0, 0.1) is 0 Å². The molecule has 3 aromatic rings. The van der Waals surface area contributed by atoms with E-state index < -0.39 is 11.6 Å². The molecule has 0 radical (unpaired) electrons. The van der Waals surface area contributed by atoms with Gasteiger partial charge in [0.2, 0.25) is 0 Å². The molecule has 7 nitrogen and oxygen atoms in total. The minimum atomic E-state index is -0.511. The van der Waals surface area contributed by atoms with Crippen molar-refractivity contribution in [2.75, 3.05) is 13.7 Å². The maximum Gasteiger partial charge on any atom is 0.410 e. The zero-order chi connectivity index (χ0) is 20.8. The van der Waals surface area contributed by atoms with Gasteiger partial charge in [-0.15, -0.1) is 11.3 Å². The van der Waals surface area contributed by atoms with Crippen molar-refractivity contribution in [1.82, 2.24) is 14.9 Å². The summed E-state index contributed by atoms with van der Waals surface area (Å²) in [6.07, 6.45) is 0.495. The lowest BCUT2D eigenvalue weighted by Gasteiger charge is -2.29. The number of hydrogen-bond acceptors (Lipinski definition) is 6. The number of esters is 1. The molecule has 4 rings (SSSR count). The normalized spacial score (nSPS) is 14.0. The summed E-state index contributed by atoms with van der Waals surface area (Å²) in [5, 5.41) is 0. The fourth-order valence-corrected chi connectivity index (χ4v) is 4.46. The van der Waals surface area contributed by atoms with E-state index in [4.69, 9.17) is 9.47 Å². The van der Waals surface area contributed by atoms with Gasteiger partial charge in [-0.2, -0.15) is 0 Å². The fourth-order valence-electron chi connectivity index (χ4n) is 3.36. The second-order valence-electron chi connectivity index (χ2n) is 7.99. The van der Waals surface area contributed by atoms with Gasteiger partial charge in [-0.05, 0) is 51.0 Å². The van der Waals surface area contributed by atoms with Crippen LogP contribution in [0.2, 0.25) is 0 Å². The van der Waals surface area contributed by atoms with Crippen molar-refractivity contribution < 1.29 is 19.1 Å². The second kappa shape index (κ2) is 7.18. The highest BCUT2D eigenvalue weighted by molar-refractivity contribution is 7.15. The third-order valence-corrected chi connectivity index (χ3v) is 5.91. The number of carbonyl (C=O) groups excluding carboxylic acids is 2. The molecule has 1 aliphatic rings. The van der Waals surface area contributed by atoms with Crippen LogP contribution in [0.3, 0.4) is 0 Å². The predicted octanol–water partition coefficient (Wildman–Crippen LogP) is 4.37. The van der Waals surface area contributed by atoms with E-state index in [1.165, 1.54) is 12.0 Å². The van der Waals surface area contributed by atoms with Crippen molar-refractivity contribution in [3.05, 3.63) is 40.3 Å². The number of nitrogens with zero attached hydrogens (tertiary/aromatic N) is 2. The smallest absolute Gasteiger partial charge is 0.410 e. The number of para-hydroxylation sites is 1. The van der Waals surface area contributed by atoms with Gasteiger partial charge in [-0.25, -0.2) is 14.6 Å². The summed E-state index contributed by atoms with van der Waals surface area (Å²) in [6.45, 7) is 6.76. The summed E-state index contributed by atoms with van der Waals surface area (Å²) in [5.74, 6) is 0.298. The predicted molar refractivity (Wildman–Crippen MR) is 111 cm³/mol. The van der Waals surface area contributed by atoms with E-state index in [2.05, 4.69) is 16.0 Å². The summed E-state index contributed by atoms with van der Waals surface area (Å²) in [4.78, 5) is 36.3. The van der Waals surface area contributed by atoms with Crippen LogP contribution in [-0.2, 0) is 22.4 Å². The highest BCUT2D eigenvalue weighted by atomic mass is 32.1. The SMILES string of the molecule is COC(=O)c1cccc2[nH]c(-c3cc4c(s3)CCN(C(=O)OC(C)(C)C)C4)nc12. The molecule has 29 heavy (non-hydrogen) atoms. The van der Waals surface area contributed by atoms with Gasteiger partial charge < -0.3 is 19.4 Å². The standard InChI is InChI=1S/C21H23N3O4S/c1-21(2,3)28-20(26)24-9-8-15-12(11-24)10-16(29-15)18-22-14-7-5-6-13(17(14)23-18)19(25)27-4/h5-7,10H,8-9,11H2,1-4H3,(H,22,23). The summed E-state index contributed by atoms with van der Waals surface area (Å²) in [7, 11) is 1.36. The maximum atomic E-state index is 12.4. The van der Waals surface area contributed by atoms with Crippen molar-refractivity contribution >= 4 is 34.4 Å². The number of aromatic amines is 1. The lowest BCUT2D eigenvalue weighted by Crippen LogP contribution is -2.39. The van der Waals surface area contributed by atoms with Crippen LogP contribution in [0.5, 0.6) is 0 Å². The number of thiophene rings is 1. The van der Waals surface area contributed by atoms with E-state index in [0.29, 0.717) is 30.0 Å². The van der Waals surface area contributed by atoms with Crippen LogP contribution in [0.25, 0.3) is 21.7 Å². The number of amides is 1. The molecule has 3 heterocycles. The van der Waals surface area contributed by atoms with Crippen LogP contribution in [0.15, 0.2) is 24.3 Å². The Labute approximate surface area is 172 Å². The molecule has 152 valence electrons. The molecule has 0 spiro atoms. The number of nitrogens with one attached hydrogen (secondary N) is 1. The van der Waals surface area contributed by atoms with Gasteiger partial charge in [-0.3, -0.25) is 0 Å². The minimum Gasteiger partial charge on any atom is -0.465 e. The van der Waals surface area contributed by atoms with Gasteiger partial charge >= 0.3 is 12.1 Å². The summed E-state index contributed by atoms with van der Waals surface area (Å²) in [6, 6.07) is 7.45. The summed E-state index contributed by atoms with van der Waals surface area (Å²) in [5.41, 5.74) is 2.41. The Hall–Kier alpha value is -2.87. The Morgan fingerprint density at radius 3 is 2.79 bits per heavy atom. The molecular formula is C21H23N3O4S. The van der Waals surface area contributed by atoms with Crippen LogP contribution < -0.4 is 0 Å². The average Bonchev–Trinajstić information content (AvgIpc) is 3.28. The molecule has 1 amide bonds. The number of ether oxygens (including phenoxy) is 2. The molecule has 1 N–H and O–H groups in total. The first kappa shape index (κ1) is 19.4. The number of aromatic nitrogens is 2. The van der Waals surface area contributed by atoms with Gasteiger partial charge in [0.15, 0.2) is 0 Å². The van der Waals surface area contributed by atoms with Crippen molar-refractivity contribution in [2.45, 2.75) is 39.3 Å². The Bertz CT molecular complexity index is 1090.